The van der Waals surface area contributed by atoms with Crippen LogP contribution in [0.3, 0.4) is 0 Å². The number of carboxylic acid groups (broad SMARTS) is 1. The van der Waals surface area contributed by atoms with E-state index in [0.717, 1.165) is 25.9 Å². The zero-order valence-electron chi connectivity index (χ0n) is 11.8. The van der Waals surface area contributed by atoms with Crippen LogP contribution in [-0.4, -0.2) is 51.2 Å². The summed E-state index contributed by atoms with van der Waals surface area (Å²) in [4.78, 5) is 22.3. The van der Waals surface area contributed by atoms with Gasteiger partial charge in [-0.05, 0) is 25.7 Å². The second kappa shape index (κ2) is 7.72. The Bertz CT molecular complexity index is 482. The number of carboxylic acids is 1. The Balaban J connectivity index is 1.61. The van der Waals surface area contributed by atoms with Crippen molar-refractivity contribution in [3.63, 3.8) is 0 Å². The van der Waals surface area contributed by atoms with Gasteiger partial charge in [0.2, 0.25) is 5.91 Å². The van der Waals surface area contributed by atoms with Gasteiger partial charge in [0.15, 0.2) is 5.69 Å². The summed E-state index contributed by atoms with van der Waals surface area (Å²) in [5, 5.41) is 18.7. The molecule has 8 nitrogen and oxygen atoms in total. The number of ether oxygens (including phenoxy) is 1. The van der Waals surface area contributed by atoms with Gasteiger partial charge in [0.05, 0.1) is 18.8 Å². The molecule has 1 aromatic heterocycles. The first kappa shape index (κ1) is 15.4. The molecule has 1 atom stereocenters. The lowest BCUT2D eigenvalue weighted by atomic mass is 10.0. The van der Waals surface area contributed by atoms with Gasteiger partial charge in [-0.1, -0.05) is 5.21 Å². The molecule has 1 amide bonds. The second-order valence-electron chi connectivity index (χ2n) is 5.05. The molecule has 0 aromatic carbocycles. The lowest BCUT2D eigenvalue weighted by molar-refractivity contribution is -0.122. The third-order valence-electron chi connectivity index (χ3n) is 3.39. The molecule has 1 aliphatic rings. The lowest BCUT2D eigenvalue weighted by Gasteiger charge is -2.22. The van der Waals surface area contributed by atoms with Gasteiger partial charge in [-0.15, -0.1) is 5.10 Å². The van der Waals surface area contributed by atoms with Gasteiger partial charge in [0.25, 0.3) is 0 Å². The summed E-state index contributed by atoms with van der Waals surface area (Å²) < 4.78 is 6.97. The van der Waals surface area contributed by atoms with E-state index in [1.54, 1.807) is 0 Å². The van der Waals surface area contributed by atoms with Gasteiger partial charge in [-0.25, -0.2) is 9.48 Å². The van der Waals surface area contributed by atoms with E-state index in [4.69, 9.17) is 9.84 Å². The number of nitrogens with one attached hydrogen (secondary N) is 1. The molecule has 1 aromatic rings. The molecule has 1 fully saturated rings. The van der Waals surface area contributed by atoms with Crippen LogP contribution >= 0.6 is 0 Å². The number of aromatic nitrogens is 3. The zero-order chi connectivity index (χ0) is 15.1. The molecule has 2 rings (SSSR count). The van der Waals surface area contributed by atoms with Gasteiger partial charge >= 0.3 is 5.97 Å². The number of amides is 1. The molecule has 8 heteroatoms. The van der Waals surface area contributed by atoms with Crippen molar-refractivity contribution >= 4 is 11.9 Å². The minimum absolute atomic E-state index is 0.0252. The largest absolute Gasteiger partial charge is 0.476 e. The van der Waals surface area contributed by atoms with Crippen LogP contribution in [0.1, 0.15) is 42.6 Å². The maximum atomic E-state index is 11.7. The van der Waals surface area contributed by atoms with Gasteiger partial charge in [-0.3, -0.25) is 4.79 Å². The van der Waals surface area contributed by atoms with Crippen LogP contribution in [0.5, 0.6) is 0 Å². The maximum Gasteiger partial charge on any atom is 0.358 e. The number of aromatic carboxylic acids is 1. The van der Waals surface area contributed by atoms with Gasteiger partial charge in [-0.2, -0.15) is 0 Å². The van der Waals surface area contributed by atoms with Crippen molar-refractivity contribution in [2.45, 2.75) is 44.8 Å². The number of rotatable bonds is 7. The van der Waals surface area contributed by atoms with Crippen molar-refractivity contribution in [3.05, 3.63) is 11.9 Å². The monoisotopic (exact) mass is 296 g/mol. The summed E-state index contributed by atoms with van der Waals surface area (Å²) in [5.74, 6) is -1.14. The minimum atomic E-state index is -1.11. The average molecular weight is 296 g/mol. The Morgan fingerprint density at radius 3 is 3.00 bits per heavy atom. The fourth-order valence-corrected chi connectivity index (χ4v) is 2.23. The van der Waals surface area contributed by atoms with Gasteiger partial charge < -0.3 is 15.2 Å². The highest BCUT2D eigenvalue weighted by molar-refractivity contribution is 5.84. The fourth-order valence-electron chi connectivity index (χ4n) is 2.23. The highest BCUT2D eigenvalue weighted by atomic mass is 16.5. The van der Waals surface area contributed by atoms with E-state index in [1.807, 2.05) is 0 Å². The van der Waals surface area contributed by atoms with E-state index in [-0.39, 0.29) is 17.7 Å². The molecule has 0 aliphatic carbocycles. The molecule has 0 radical (unpaired) electrons. The Morgan fingerprint density at radius 1 is 1.48 bits per heavy atom. The van der Waals surface area contributed by atoms with Crippen molar-refractivity contribution in [3.8, 4) is 0 Å². The number of carbonyl (C=O) groups excluding carboxylic acids is 1. The average Bonchev–Trinajstić information content (AvgIpc) is 2.95. The topological polar surface area (TPSA) is 106 Å². The summed E-state index contributed by atoms with van der Waals surface area (Å²) in [6, 6.07) is 0. The van der Waals surface area contributed by atoms with Gasteiger partial charge in [0.1, 0.15) is 0 Å². The lowest BCUT2D eigenvalue weighted by Crippen LogP contribution is -2.29. The van der Waals surface area contributed by atoms with Gasteiger partial charge in [0, 0.05) is 19.6 Å². The first-order valence-corrected chi connectivity index (χ1v) is 7.17. The first-order valence-electron chi connectivity index (χ1n) is 7.17. The smallest absolute Gasteiger partial charge is 0.358 e. The summed E-state index contributed by atoms with van der Waals surface area (Å²) in [5.41, 5.74) is -0.101. The summed E-state index contributed by atoms with van der Waals surface area (Å²) in [6.07, 6.45) is 6.05. The molecule has 21 heavy (non-hydrogen) atoms. The van der Waals surface area contributed by atoms with Crippen LogP contribution in [-0.2, 0) is 16.1 Å². The quantitative estimate of drug-likeness (QED) is 0.756. The molecule has 2 N–H and O–H groups in total. The van der Waals surface area contributed by atoms with Crippen molar-refractivity contribution in [1.29, 1.82) is 0 Å². The number of hydrogen-bond acceptors (Lipinski definition) is 5. The Hall–Kier alpha value is -1.96. The zero-order valence-corrected chi connectivity index (χ0v) is 11.8. The highest BCUT2D eigenvalue weighted by Crippen LogP contribution is 2.16. The molecular formula is C13H20N4O4. The van der Waals surface area contributed by atoms with Crippen LogP contribution in [0.15, 0.2) is 6.20 Å². The van der Waals surface area contributed by atoms with Crippen LogP contribution in [0.2, 0.25) is 0 Å². The predicted molar refractivity (Wildman–Crippen MR) is 72.8 cm³/mol. The van der Waals surface area contributed by atoms with Crippen molar-refractivity contribution in [1.82, 2.24) is 20.3 Å². The standard InChI is InChI=1S/C13H20N4O4/c18-12(5-4-10-3-1-2-8-21-10)14-6-7-17-9-11(13(19)20)15-16-17/h9-10H,1-8H2,(H,14,18)(H,19,20). The second-order valence-corrected chi connectivity index (χ2v) is 5.05. The van der Waals surface area contributed by atoms with E-state index in [1.165, 1.54) is 17.3 Å². The van der Waals surface area contributed by atoms with Crippen LogP contribution in [0.25, 0.3) is 0 Å². The Morgan fingerprint density at radius 2 is 2.33 bits per heavy atom. The number of nitrogens with zero attached hydrogens (tertiary/aromatic N) is 3. The molecule has 1 unspecified atom stereocenters. The molecule has 1 aliphatic heterocycles. The van der Waals surface area contributed by atoms with Crippen LogP contribution in [0.4, 0.5) is 0 Å². The van der Waals surface area contributed by atoms with E-state index < -0.39 is 5.97 Å². The third kappa shape index (κ3) is 5.14. The van der Waals surface area contributed by atoms with E-state index in [2.05, 4.69) is 15.6 Å². The van der Waals surface area contributed by atoms with E-state index >= 15 is 0 Å². The molecule has 116 valence electrons. The normalized spacial score (nSPS) is 18.4. The summed E-state index contributed by atoms with van der Waals surface area (Å²) in [6.45, 7) is 1.59. The highest BCUT2D eigenvalue weighted by Gasteiger charge is 2.15. The SMILES string of the molecule is O=C(CCC1CCCCO1)NCCn1cc(C(=O)O)nn1. The number of hydrogen-bond donors (Lipinski definition) is 2. The Labute approximate surface area is 122 Å². The maximum absolute atomic E-state index is 11.7. The van der Waals surface area contributed by atoms with E-state index in [9.17, 15) is 9.59 Å². The Kier molecular flexibility index (Phi) is 5.68. The van der Waals surface area contributed by atoms with Crippen molar-refractivity contribution in [2.24, 2.45) is 0 Å². The predicted octanol–water partition coefficient (Wildman–Crippen LogP) is 0.442. The van der Waals surface area contributed by atoms with Crippen molar-refractivity contribution < 1.29 is 19.4 Å². The minimum Gasteiger partial charge on any atom is -0.476 e. The van der Waals surface area contributed by atoms with Crippen LogP contribution < -0.4 is 5.32 Å². The fraction of sp³-hybridized carbons (Fsp3) is 0.692. The van der Waals surface area contributed by atoms with Crippen molar-refractivity contribution in [2.75, 3.05) is 13.2 Å². The molecule has 0 spiro atoms. The van der Waals surface area contributed by atoms with Crippen LogP contribution in [0, 0.1) is 0 Å². The molecular weight excluding hydrogens is 276 g/mol. The third-order valence-corrected chi connectivity index (χ3v) is 3.39. The molecule has 0 saturated carbocycles. The summed E-state index contributed by atoms with van der Waals surface area (Å²) in [7, 11) is 0. The number of carbonyl (C=O) groups is 2. The molecule has 2 heterocycles. The van der Waals surface area contributed by atoms with E-state index in [0.29, 0.717) is 19.5 Å². The molecule has 0 bridgehead atoms. The summed E-state index contributed by atoms with van der Waals surface area (Å²) >= 11 is 0. The molecule has 1 saturated heterocycles. The first-order chi connectivity index (χ1) is 10.1.